The monoisotopic (exact) mass is 342 g/mol. The molecule has 0 bridgehead atoms. The zero-order valence-corrected chi connectivity index (χ0v) is 13.5. The first-order valence-electron chi connectivity index (χ1n) is 7.44. The van der Waals surface area contributed by atoms with E-state index < -0.39 is 0 Å². The van der Waals surface area contributed by atoms with Crippen LogP contribution in [-0.2, 0) is 0 Å². The average Bonchev–Trinajstić information content (AvgIpc) is 3.03. The Balaban J connectivity index is 1.48. The molecule has 2 amide bonds. The van der Waals surface area contributed by atoms with Crippen LogP contribution in [0.4, 0.5) is 0 Å². The third-order valence-corrected chi connectivity index (χ3v) is 3.70. The molecule has 0 aliphatic heterocycles. The third-order valence-electron chi connectivity index (χ3n) is 3.45. The summed E-state index contributed by atoms with van der Waals surface area (Å²) in [7, 11) is 0. The molecule has 0 radical (unpaired) electrons. The van der Waals surface area contributed by atoms with Crippen LogP contribution in [0.2, 0.25) is 5.02 Å². The second kappa shape index (κ2) is 7.19. The summed E-state index contributed by atoms with van der Waals surface area (Å²) in [4.78, 5) is 23.9. The number of fused-ring (bicyclic) bond motifs is 1. The van der Waals surface area contributed by atoms with Crippen molar-refractivity contribution in [3.8, 4) is 0 Å². The molecule has 122 valence electrons. The molecule has 0 saturated heterocycles. The molecule has 0 saturated carbocycles. The zero-order valence-electron chi connectivity index (χ0n) is 12.7. The zero-order chi connectivity index (χ0) is 16.9. The summed E-state index contributed by atoms with van der Waals surface area (Å²) in [5.74, 6) is -0.281. The number of carbonyl (C=O) groups is 2. The number of rotatable bonds is 5. The van der Waals surface area contributed by atoms with Crippen molar-refractivity contribution in [3.05, 3.63) is 70.9 Å². The smallest absolute Gasteiger partial charge is 0.287 e. The molecule has 0 unspecified atom stereocenters. The molecule has 1 heterocycles. The predicted octanol–water partition coefficient (Wildman–Crippen LogP) is 3.25. The highest BCUT2D eigenvalue weighted by Gasteiger charge is 2.11. The number of nitrogens with one attached hydrogen (secondary N) is 2. The summed E-state index contributed by atoms with van der Waals surface area (Å²) in [6.45, 7) is 0.614. The van der Waals surface area contributed by atoms with Crippen LogP contribution in [0.1, 0.15) is 20.9 Å². The van der Waals surface area contributed by atoms with Gasteiger partial charge in [-0.15, -0.1) is 0 Å². The van der Waals surface area contributed by atoms with E-state index in [2.05, 4.69) is 10.6 Å². The molecular weight excluding hydrogens is 328 g/mol. The van der Waals surface area contributed by atoms with Gasteiger partial charge in [-0.05, 0) is 36.4 Å². The molecule has 2 aromatic carbocycles. The first-order chi connectivity index (χ1) is 11.6. The fraction of sp³-hybridized carbons (Fsp3) is 0.111. The standard InChI is InChI=1S/C18H15ClN2O3/c19-14-7-5-12(6-8-14)17(22)20-9-10-21-18(23)16-11-13-3-1-2-4-15(13)24-16/h1-8,11H,9-10H2,(H,20,22)(H,21,23). The maximum Gasteiger partial charge on any atom is 0.287 e. The van der Waals surface area contributed by atoms with Crippen LogP contribution in [0.3, 0.4) is 0 Å². The highest BCUT2D eigenvalue weighted by Crippen LogP contribution is 2.18. The van der Waals surface area contributed by atoms with Crippen molar-refractivity contribution in [2.75, 3.05) is 13.1 Å². The minimum absolute atomic E-state index is 0.218. The molecule has 0 atom stereocenters. The molecular formula is C18H15ClN2O3. The van der Waals surface area contributed by atoms with Gasteiger partial charge >= 0.3 is 0 Å². The maximum absolute atomic E-state index is 12.0. The highest BCUT2D eigenvalue weighted by molar-refractivity contribution is 6.30. The number of halogens is 1. The first kappa shape index (κ1) is 16.1. The summed E-state index contributed by atoms with van der Waals surface area (Å²) in [5, 5.41) is 6.88. The minimum atomic E-state index is -0.313. The van der Waals surface area contributed by atoms with E-state index >= 15 is 0 Å². The van der Waals surface area contributed by atoms with Crippen LogP contribution in [0.15, 0.2) is 59.0 Å². The fourth-order valence-electron chi connectivity index (χ4n) is 2.24. The van der Waals surface area contributed by atoms with Gasteiger partial charge in [-0.2, -0.15) is 0 Å². The quantitative estimate of drug-likeness (QED) is 0.699. The van der Waals surface area contributed by atoms with Crippen molar-refractivity contribution in [2.45, 2.75) is 0 Å². The van der Waals surface area contributed by atoms with Gasteiger partial charge in [-0.3, -0.25) is 9.59 Å². The van der Waals surface area contributed by atoms with E-state index in [1.165, 1.54) is 0 Å². The van der Waals surface area contributed by atoms with Gasteiger partial charge < -0.3 is 15.1 Å². The summed E-state index contributed by atoms with van der Waals surface area (Å²) in [6.07, 6.45) is 0. The van der Waals surface area contributed by atoms with Crippen molar-refractivity contribution < 1.29 is 14.0 Å². The number of hydrogen-bond acceptors (Lipinski definition) is 3. The van der Waals surface area contributed by atoms with Gasteiger partial charge in [0.25, 0.3) is 11.8 Å². The molecule has 0 aliphatic carbocycles. The number of amides is 2. The van der Waals surface area contributed by atoms with Crippen molar-refractivity contribution in [1.82, 2.24) is 10.6 Å². The Morgan fingerprint density at radius 2 is 1.58 bits per heavy atom. The number of furan rings is 1. The Kier molecular flexibility index (Phi) is 4.82. The normalized spacial score (nSPS) is 10.5. The summed E-state index contributed by atoms with van der Waals surface area (Å²) in [6, 6.07) is 15.7. The van der Waals surface area contributed by atoms with Crippen LogP contribution in [-0.4, -0.2) is 24.9 Å². The Hall–Kier alpha value is -2.79. The Bertz CT molecular complexity index is 838. The van der Waals surface area contributed by atoms with Gasteiger partial charge in [0, 0.05) is 29.1 Å². The van der Waals surface area contributed by atoms with Crippen molar-refractivity contribution in [1.29, 1.82) is 0 Å². The summed E-state index contributed by atoms with van der Waals surface area (Å²) >= 11 is 5.78. The Labute approximate surface area is 143 Å². The molecule has 6 heteroatoms. The Morgan fingerprint density at radius 1 is 0.917 bits per heavy atom. The van der Waals surface area contributed by atoms with Crippen LogP contribution in [0, 0.1) is 0 Å². The van der Waals surface area contributed by atoms with Gasteiger partial charge in [0.1, 0.15) is 5.58 Å². The molecule has 2 N–H and O–H groups in total. The van der Waals surface area contributed by atoms with E-state index in [4.69, 9.17) is 16.0 Å². The second-order valence-electron chi connectivity index (χ2n) is 5.17. The van der Waals surface area contributed by atoms with E-state index in [1.54, 1.807) is 36.4 Å². The topological polar surface area (TPSA) is 71.3 Å². The highest BCUT2D eigenvalue weighted by atomic mass is 35.5. The predicted molar refractivity (Wildman–Crippen MR) is 92.3 cm³/mol. The number of hydrogen-bond donors (Lipinski definition) is 2. The van der Waals surface area contributed by atoms with Gasteiger partial charge in [0.2, 0.25) is 0 Å². The van der Waals surface area contributed by atoms with Crippen LogP contribution in [0.5, 0.6) is 0 Å². The lowest BCUT2D eigenvalue weighted by Gasteiger charge is -2.06. The molecule has 3 aromatic rings. The fourth-order valence-corrected chi connectivity index (χ4v) is 2.36. The van der Waals surface area contributed by atoms with E-state index in [9.17, 15) is 9.59 Å². The lowest BCUT2D eigenvalue weighted by Crippen LogP contribution is -2.34. The van der Waals surface area contributed by atoms with Gasteiger partial charge in [-0.25, -0.2) is 0 Å². The third kappa shape index (κ3) is 3.75. The SMILES string of the molecule is O=C(NCCNC(=O)c1cc2ccccc2o1)c1ccc(Cl)cc1. The lowest BCUT2D eigenvalue weighted by atomic mass is 10.2. The molecule has 0 spiro atoms. The van der Waals surface area contributed by atoms with E-state index in [0.717, 1.165) is 5.39 Å². The average molecular weight is 343 g/mol. The van der Waals surface area contributed by atoms with Crippen molar-refractivity contribution in [2.24, 2.45) is 0 Å². The first-order valence-corrected chi connectivity index (χ1v) is 7.82. The molecule has 1 aromatic heterocycles. The largest absolute Gasteiger partial charge is 0.451 e. The minimum Gasteiger partial charge on any atom is -0.451 e. The number of benzene rings is 2. The van der Waals surface area contributed by atoms with Gasteiger partial charge in [0.05, 0.1) is 0 Å². The number of carbonyl (C=O) groups excluding carboxylic acids is 2. The molecule has 0 fully saturated rings. The second-order valence-corrected chi connectivity index (χ2v) is 5.60. The van der Waals surface area contributed by atoms with Crippen LogP contribution in [0.25, 0.3) is 11.0 Å². The molecule has 24 heavy (non-hydrogen) atoms. The van der Waals surface area contributed by atoms with Crippen LogP contribution >= 0.6 is 11.6 Å². The van der Waals surface area contributed by atoms with Crippen molar-refractivity contribution in [3.63, 3.8) is 0 Å². The summed E-state index contributed by atoms with van der Waals surface area (Å²) < 4.78 is 5.48. The van der Waals surface area contributed by atoms with Gasteiger partial charge in [0.15, 0.2) is 5.76 Å². The van der Waals surface area contributed by atoms with Crippen molar-refractivity contribution >= 4 is 34.4 Å². The van der Waals surface area contributed by atoms with E-state index in [1.807, 2.05) is 18.2 Å². The molecule has 3 rings (SSSR count). The van der Waals surface area contributed by atoms with Crippen LogP contribution < -0.4 is 10.6 Å². The Morgan fingerprint density at radius 3 is 2.29 bits per heavy atom. The van der Waals surface area contributed by atoms with E-state index in [0.29, 0.717) is 29.3 Å². The number of para-hydroxylation sites is 1. The molecule has 0 aliphatic rings. The lowest BCUT2D eigenvalue weighted by molar-refractivity contribution is 0.0912. The van der Waals surface area contributed by atoms with E-state index in [-0.39, 0.29) is 17.6 Å². The van der Waals surface area contributed by atoms with Gasteiger partial charge in [-0.1, -0.05) is 29.8 Å². The molecule has 5 nitrogen and oxygen atoms in total. The summed E-state index contributed by atoms with van der Waals surface area (Å²) in [5.41, 5.74) is 1.18. The maximum atomic E-state index is 12.0.